The average molecular weight is 353 g/mol. The highest BCUT2D eigenvalue weighted by molar-refractivity contribution is 6.25. The number of hydrogen-bond acceptors (Lipinski definition) is 5. The molecule has 1 amide bonds. The van der Waals surface area contributed by atoms with E-state index < -0.39 is 42.1 Å². The molecule has 0 aromatic rings. The SMILES string of the molecule is CO[C@@H](C)C(=O)N[C@@H](CCC(=O)C=[N+]=[N-])C(=O)O[C@H](C)C(F)(F)F. The monoisotopic (exact) mass is 353 g/mol. The summed E-state index contributed by atoms with van der Waals surface area (Å²) in [5.74, 6) is -2.79. The van der Waals surface area contributed by atoms with Crippen LogP contribution in [0.2, 0.25) is 0 Å². The van der Waals surface area contributed by atoms with Gasteiger partial charge in [-0.25, -0.2) is 4.79 Å². The summed E-state index contributed by atoms with van der Waals surface area (Å²) < 4.78 is 46.3. The number of ketones is 1. The maximum Gasteiger partial charge on any atom is 0.425 e. The third kappa shape index (κ3) is 7.84. The van der Waals surface area contributed by atoms with E-state index in [1.807, 2.05) is 0 Å². The van der Waals surface area contributed by atoms with Gasteiger partial charge in [-0.1, -0.05) is 0 Å². The molecule has 0 saturated heterocycles. The van der Waals surface area contributed by atoms with Crippen molar-refractivity contribution in [2.45, 2.75) is 51.1 Å². The zero-order chi connectivity index (χ0) is 18.9. The molecule has 0 aromatic carbocycles. The Hall–Kier alpha value is -2.26. The van der Waals surface area contributed by atoms with Crippen molar-refractivity contribution in [2.24, 2.45) is 0 Å². The lowest BCUT2D eigenvalue weighted by Gasteiger charge is -2.22. The highest BCUT2D eigenvalue weighted by atomic mass is 19.4. The number of Topliss-reactive ketones (excluding diaryl/α,β-unsaturated/α-hetero) is 1. The van der Waals surface area contributed by atoms with Gasteiger partial charge in [0, 0.05) is 13.5 Å². The molecule has 0 fully saturated rings. The van der Waals surface area contributed by atoms with Gasteiger partial charge in [-0.3, -0.25) is 9.59 Å². The van der Waals surface area contributed by atoms with Gasteiger partial charge in [0.15, 0.2) is 6.10 Å². The lowest BCUT2D eigenvalue weighted by atomic mass is 10.1. The van der Waals surface area contributed by atoms with E-state index in [1.54, 1.807) is 0 Å². The van der Waals surface area contributed by atoms with Gasteiger partial charge in [-0.05, 0) is 20.3 Å². The maximum atomic E-state index is 12.4. The summed E-state index contributed by atoms with van der Waals surface area (Å²) in [7, 11) is 1.23. The van der Waals surface area contributed by atoms with Crippen LogP contribution in [0, 0.1) is 0 Å². The van der Waals surface area contributed by atoms with Crippen molar-refractivity contribution >= 4 is 23.9 Å². The lowest BCUT2D eigenvalue weighted by molar-refractivity contribution is -0.217. The molecular weight excluding hydrogens is 335 g/mol. The van der Waals surface area contributed by atoms with Crippen LogP contribution in [0.4, 0.5) is 13.2 Å². The number of esters is 1. The summed E-state index contributed by atoms with van der Waals surface area (Å²) in [6, 6.07) is -1.49. The predicted molar refractivity (Wildman–Crippen MR) is 73.9 cm³/mol. The summed E-state index contributed by atoms with van der Waals surface area (Å²) in [5, 5.41) is 2.16. The van der Waals surface area contributed by atoms with Crippen molar-refractivity contribution < 1.29 is 41.8 Å². The first kappa shape index (κ1) is 21.7. The van der Waals surface area contributed by atoms with E-state index in [2.05, 4.69) is 14.8 Å². The standard InChI is InChI=1S/C13H18F3N3O5/c1-7(23-3)11(21)19-10(5-4-9(20)6-18-17)12(22)24-8(2)13(14,15)16/h6-8,10H,4-5H2,1-3H3,(H,19,21)/t7-,8+,10-/m0/s1. The summed E-state index contributed by atoms with van der Waals surface area (Å²) in [5.41, 5.74) is 8.22. The van der Waals surface area contributed by atoms with Gasteiger partial charge in [0.25, 0.3) is 0 Å². The van der Waals surface area contributed by atoms with E-state index in [0.717, 1.165) is 0 Å². The number of carbonyl (C=O) groups is 3. The Labute approximate surface area is 135 Å². The smallest absolute Gasteiger partial charge is 0.425 e. The van der Waals surface area contributed by atoms with Crippen molar-refractivity contribution in [2.75, 3.05) is 7.11 Å². The molecule has 0 bridgehead atoms. The Morgan fingerprint density at radius 3 is 2.33 bits per heavy atom. The van der Waals surface area contributed by atoms with Gasteiger partial charge < -0.3 is 20.3 Å². The van der Waals surface area contributed by atoms with Gasteiger partial charge in [0.1, 0.15) is 12.1 Å². The van der Waals surface area contributed by atoms with Crippen molar-refractivity contribution in [3.05, 3.63) is 5.53 Å². The van der Waals surface area contributed by atoms with Crippen LogP contribution < -0.4 is 5.32 Å². The number of nitrogens with one attached hydrogen (secondary N) is 1. The molecule has 0 aromatic heterocycles. The van der Waals surface area contributed by atoms with E-state index in [4.69, 9.17) is 10.3 Å². The third-order valence-corrected chi connectivity index (χ3v) is 2.96. The number of hydrogen-bond donors (Lipinski definition) is 1. The minimum atomic E-state index is -4.76. The van der Waals surface area contributed by atoms with E-state index in [-0.39, 0.29) is 12.8 Å². The molecule has 0 aliphatic carbocycles. The highest BCUT2D eigenvalue weighted by Crippen LogP contribution is 2.23. The molecule has 0 aliphatic rings. The van der Waals surface area contributed by atoms with Crippen molar-refractivity contribution in [1.82, 2.24) is 5.32 Å². The molecule has 11 heteroatoms. The van der Waals surface area contributed by atoms with Crippen LogP contribution in [0.15, 0.2) is 0 Å². The Bertz CT molecular complexity index is 517. The van der Waals surface area contributed by atoms with E-state index in [0.29, 0.717) is 13.1 Å². The largest absolute Gasteiger partial charge is 0.451 e. The quantitative estimate of drug-likeness (QED) is 0.283. The number of rotatable bonds is 9. The molecule has 1 N–H and O–H groups in total. The number of ether oxygens (including phenoxy) is 2. The summed E-state index contributed by atoms with van der Waals surface area (Å²) in [6.45, 7) is 2.00. The number of methoxy groups -OCH3 is 1. The van der Waals surface area contributed by atoms with Crippen LogP contribution in [0.5, 0.6) is 0 Å². The van der Waals surface area contributed by atoms with Gasteiger partial charge >= 0.3 is 18.4 Å². The van der Waals surface area contributed by atoms with Crippen molar-refractivity contribution in [1.29, 1.82) is 0 Å². The molecule has 8 nitrogen and oxygen atoms in total. The Balaban J connectivity index is 5.01. The van der Waals surface area contributed by atoms with Gasteiger partial charge in [0.05, 0.1) is 0 Å². The molecule has 0 saturated carbocycles. The van der Waals surface area contributed by atoms with Crippen molar-refractivity contribution in [3.63, 3.8) is 0 Å². The average Bonchev–Trinajstić information content (AvgIpc) is 2.49. The van der Waals surface area contributed by atoms with Crippen LogP contribution in [0.3, 0.4) is 0 Å². The van der Waals surface area contributed by atoms with Gasteiger partial charge in [0.2, 0.25) is 11.7 Å². The number of amides is 1. The first-order valence-corrected chi connectivity index (χ1v) is 6.83. The van der Waals surface area contributed by atoms with Crippen LogP contribution in [-0.4, -0.2) is 60.2 Å². The fourth-order valence-electron chi connectivity index (χ4n) is 1.38. The predicted octanol–water partition coefficient (Wildman–Crippen LogP) is 0.650. The van der Waals surface area contributed by atoms with E-state index in [9.17, 15) is 27.6 Å². The fraction of sp³-hybridized carbons (Fsp3) is 0.692. The Morgan fingerprint density at radius 1 is 1.29 bits per heavy atom. The lowest BCUT2D eigenvalue weighted by Crippen LogP contribution is -2.47. The minimum absolute atomic E-state index is 0.337. The van der Waals surface area contributed by atoms with Gasteiger partial charge in [-0.2, -0.15) is 18.0 Å². The Morgan fingerprint density at radius 2 is 1.88 bits per heavy atom. The zero-order valence-corrected chi connectivity index (χ0v) is 13.3. The first-order chi connectivity index (χ1) is 11.0. The highest BCUT2D eigenvalue weighted by Gasteiger charge is 2.40. The second-order valence-corrected chi connectivity index (χ2v) is 4.81. The third-order valence-electron chi connectivity index (χ3n) is 2.96. The number of alkyl halides is 3. The fourth-order valence-corrected chi connectivity index (χ4v) is 1.38. The maximum absolute atomic E-state index is 12.4. The molecule has 0 heterocycles. The molecule has 0 unspecified atom stereocenters. The summed E-state index contributed by atoms with van der Waals surface area (Å²) in [6.07, 6.45) is -8.22. The van der Waals surface area contributed by atoms with Crippen molar-refractivity contribution in [3.8, 4) is 0 Å². The topological polar surface area (TPSA) is 118 Å². The first-order valence-electron chi connectivity index (χ1n) is 6.83. The Kier molecular flexibility index (Phi) is 8.86. The number of carbonyl (C=O) groups excluding carboxylic acids is 3. The molecule has 3 atom stereocenters. The van der Waals surface area contributed by atoms with Gasteiger partial charge in [-0.15, -0.1) is 0 Å². The van der Waals surface area contributed by atoms with E-state index in [1.165, 1.54) is 14.0 Å². The normalized spacial score (nSPS) is 14.8. The molecule has 0 radical (unpaired) electrons. The number of nitrogens with zero attached hydrogens (tertiary/aromatic N) is 2. The zero-order valence-electron chi connectivity index (χ0n) is 13.3. The van der Waals surface area contributed by atoms with Crippen LogP contribution in [-0.2, 0) is 23.9 Å². The number of halogens is 3. The van der Waals surface area contributed by atoms with Crippen LogP contribution >= 0.6 is 0 Å². The molecule has 0 aliphatic heterocycles. The molecule has 0 spiro atoms. The second kappa shape index (κ2) is 9.78. The van der Waals surface area contributed by atoms with E-state index >= 15 is 0 Å². The summed E-state index contributed by atoms with van der Waals surface area (Å²) in [4.78, 5) is 37.3. The molecule has 136 valence electrons. The molecule has 24 heavy (non-hydrogen) atoms. The van der Waals surface area contributed by atoms with Crippen LogP contribution in [0.25, 0.3) is 5.53 Å². The minimum Gasteiger partial charge on any atom is -0.451 e. The molecule has 0 rings (SSSR count). The van der Waals surface area contributed by atoms with Crippen LogP contribution in [0.1, 0.15) is 26.7 Å². The summed E-state index contributed by atoms with van der Waals surface area (Å²) >= 11 is 0. The second-order valence-electron chi connectivity index (χ2n) is 4.81. The molecular formula is C13H18F3N3O5.